The summed E-state index contributed by atoms with van der Waals surface area (Å²) in [5.74, 6) is -1.09. The van der Waals surface area contributed by atoms with Gasteiger partial charge in [-0.2, -0.15) is 0 Å². The Labute approximate surface area is 228 Å². The SMILES string of the molecule is CCOC(=O)N1CCc2c(sc(NC(=O)c3ccc(NS(=O)(=O)c4ccc(Cl)cc4)cc3)c2C(=O)OC)C1. The van der Waals surface area contributed by atoms with Crippen molar-refractivity contribution < 1.29 is 32.3 Å². The van der Waals surface area contributed by atoms with Crippen molar-refractivity contribution in [2.45, 2.75) is 24.8 Å². The lowest BCUT2D eigenvalue weighted by Crippen LogP contribution is -2.36. The number of hydrogen-bond donors (Lipinski definition) is 2. The highest BCUT2D eigenvalue weighted by atomic mass is 35.5. The maximum atomic E-state index is 13.0. The molecule has 0 fully saturated rings. The number of fused-ring (bicyclic) bond motifs is 1. The fraction of sp³-hybridized carbons (Fsp3) is 0.240. The number of carbonyl (C=O) groups is 3. The zero-order valence-corrected chi connectivity index (χ0v) is 22.8. The number of nitrogens with one attached hydrogen (secondary N) is 2. The Morgan fingerprint density at radius 2 is 1.76 bits per heavy atom. The fourth-order valence-electron chi connectivity index (χ4n) is 3.87. The number of rotatable bonds is 7. The third-order valence-corrected chi connectivity index (χ3v) is 8.50. The van der Waals surface area contributed by atoms with Crippen molar-refractivity contribution in [3.63, 3.8) is 0 Å². The molecule has 13 heteroatoms. The molecule has 0 radical (unpaired) electrons. The van der Waals surface area contributed by atoms with E-state index in [1.807, 2.05) is 0 Å². The van der Waals surface area contributed by atoms with Crippen molar-refractivity contribution in [2.24, 2.45) is 0 Å². The highest BCUT2D eigenvalue weighted by Gasteiger charge is 2.31. The number of thiophene rings is 1. The summed E-state index contributed by atoms with van der Waals surface area (Å²) >= 11 is 7.02. The molecule has 2 amide bonds. The first kappa shape index (κ1) is 27.4. The maximum absolute atomic E-state index is 13.0. The molecule has 1 aliphatic rings. The molecule has 2 heterocycles. The van der Waals surface area contributed by atoms with E-state index in [-0.39, 0.29) is 34.9 Å². The van der Waals surface area contributed by atoms with Gasteiger partial charge in [0.25, 0.3) is 15.9 Å². The van der Waals surface area contributed by atoms with Crippen LogP contribution in [0.4, 0.5) is 15.5 Å². The van der Waals surface area contributed by atoms with Crippen molar-refractivity contribution in [3.05, 3.63) is 75.1 Å². The molecule has 2 N–H and O–H groups in total. The molecule has 0 saturated heterocycles. The Kier molecular flexibility index (Phi) is 8.24. The maximum Gasteiger partial charge on any atom is 0.410 e. The number of amides is 2. The van der Waals surface area contributed by atoms with Crippen LogP contribution >= 0.6 is 22.9 Å². The molecule has 200 valence electrons. The van der Waals surface area contributed by atoms with Gasteiger partial charge in [0.2, 0.25) is 0 Å². The van der Waals surface area contributed by atoms with Crippen LogP contribution in [-0.2, 0) is 32.5 Å². The van der Waals surface area contributed by atoms with Gasteiger partial charge in [0.15, 0.2) is 0 Å². The average Bonchev–Trinajstić information content (AvgIpc) is 3.25. The van der Waals surface area contributed by atoms with Crippen molar-refractivity contribution in [1.29, 1.82) is 0 Å². The number of nitrogens with zero attached hydrogens (tertiary/aromatic N) is 1. The number of esters is 1. The third-order valence-electron chi connectivity index (χ3n) is 5.72. The van der Waals surface area contributed by atoms with Gasteiger partial charge in [-0.05, 0) is 67.4 Å². The first-order chi connectivity index (χ1) is 18.1. The summed E-state index contributed by atoms with van der Waals surface area (Å²) < 4.78 is 37.7. The molecule has 0 spiro atoms. The largest absolute Gasteiger partial charge is 0.465 e. The minimum Gasteiger partial charge on any atom is -0.465 e. The topological polar surface area (TPSA) is 131 Å². The van der Waals surface area contributed by atoms with Gasteiger partial charge in [-0.15, -0.1) is 11.3 Å². The summed E-state index contributed by atoms with van der Waals surface area (Å²) in [4.78, 5) is 40.1. The van der Waals surface area contributed by atoms with Crippen molar-refractivity contribution >= 4 is 61.6 Å². The van der Waals surface area contributed by atoms with Crippen LogP contribution in [0.5, 0.6) is 0 Å². The van der Waals surface area contributed by atoms with Gasteiger partial charge in [-0.1, -0.05) is 11.6 Å². The van der Waals surface area contributed by atoms with E-state index in [2.05, 4.69) is 10.0 Å². The van der Waals surface area contributed by atoms with Gasteiger partial charge in [-0.25, -0.2) is 18.0 Å². The Morgan fingerprint density at radius 3 is 2.39 bits per heavy atom. The lowest BCUT2D eigenvalue weighted by atomic mass is 10.0. The summed E-state index contributed by atoms with van der Waals surface area (Å²) in [6.45, 7) is 2.60. The van der Waals surface area contributed by atoms with E-state index >= 15 is 0 Å². The molecule has 3 aromatic rings. The molecule has 1 aromatic heterocycles. The number of anilines is 2. The van der Waals surface area contributed by atoms with Gasteiger partial charge >= 0.3 is 12.1 Å². The number of benzene rings is 2. The van der Waals surface area contributed by atoms with Gasteiger partial charge in [0, 0.05) is 27.7 Å². The van der Waals surface area contributed by atoms with Crippen molar-refractivity contribution in [2.75, 3.05) is 30.3 Å². The van der Waals surface area contributed by atoms with Crippen LogP contribution in [0, 0.1) is 0 Å². The molecule has 1 aliphatic heterocycles. The van der Waals surface area contributed by atoms with E-state index in [9.17, 15) is 22.8 Å². The lowest BCUT2D eigenvalue weighted by molar-refractivity contribution is 0.0600. The van der Waals surface area contributed by atoms with E-state index in [4.69, 9.17) is 21.1 Å². The van der Waals surface area contributed by atoms with Crippen molar-refractivity contribution in [3.8, 4) is 0 Å². The van der Waals surface area contributed by atoms with E-state index in [0.29, 0.717) is 23.0 Å². The molecule has 4 rings (SSSR count). The monoisotopic (exact) mass is 577 g/mol. The number of hydrogen-bond acceptors (Lipinski definition) is 8. The average molecular weight is 578 g/mol. The van der Waals surface area contributed by atoms with Crippen LogP contribution in [0.15, 0.2) is 53.4 Å². The Morgan fingerprint density at radius 1 is 1.08 bits per heavy atom. The van der Waals surface area contributed by atoms with Crippen LogP contribution in [0.25, 0.3) is 0 Å². The quantitative estimate of drug-likeness (QED) is 0.387. The summed E-state index contributed by atoms with van der Waals surface area (Å²) in [5, 5.41) is 3.48. The second-order valence-electron chi connectivity index (χ2n) is 8.16. The van der Waals surface area contributed by atoms with E-state index < -0.39 is 28.0 Å². The van der Waals surface area contributed by atoms with Crippen molar-refractivity contribution in [1.82, 2.24) is 4.90 Å². The Balaban J connectivity index is 1.51. The van der Waals surface area contributed by atoms with E-state index in [1.165, 1.54) is 67.0 Å². The molecule has 0 aliphatic carbocycles. The van der Waals surface area contributed by atoms with Crippen LogP contribution in [0.1, 0.15) is 38.1 Å². The van der Waals surface area contributed by atoms with Crippen LogP contribution in [-0.4, -0.2) is 51.5 Å². The predicted octanol–water partition coefficient (Wildman–Crippen LogP) is 4.76. The molecule has 0 bridgehead atoms. The molecule has 2 aromatic carbocycles. The molecule has 38 heavy (non-hydrogen) atoms. The van der Waals surface area contributed by atoms with Crippen LogP contribution < -0.4 is 10.0 Å². The first-order valence-electron chi connectivity index (χ1n) is 11.5. The Bertz CT molecular complexity index is 1470. The van der Waals surface area contributed by atoms with Gasteiger partial charge in [0.1, 0.15) is 5.00 Å². The zero-order valence-electron chi connectivity index (χ0n) is 20.4. The molecule has 10 nitrogen and oxygen atoms in total. The summed E-state index contributed by atoms with van der Waals surface area (Å²) in [6, 6.07) is 11.6. The molecule has 0 saturated carbocycles. The number of carbonyl (C=O) groups excluding carboxylic acids is 3. The fourth-order valence-corrected chi connectivity index (χ4v) is 6.30. The minimum absolute atomic E-state index is 0.0437. The highest BCUT2D eigenvalue weighted by Crippen LogP contribution is 2.38. The summed E-state index contributed by atoms with van der Waals surface area (Å²) in [5.41, 5.74) is 1.49. The zero-order chi connectivity index (χ0) is 27.4. The molecular weight excluding hydrogens is 554 g/mol. The highest BCUT2D eigenvalue weighted by molar-refractivity contribution is 7.92. The van der Waals surface area contributed by atoms with Crippen LogP contribution in [0.3, 0.4) is 0 Å². The smallest absolute Gasteiger partial charge is 0.410 e. The summed E-state index contributed by atoms with van der Waals surface area (Å²) in [6.07, 6.45) is -0.0310. The number of methoxy groups -OCH3 is 1. The standard InChI is InChI=1S/C25H24ClN3O7S2/c1-3-36-25(32)29-13-12-19-20(14-29)37-23(21(19)24(31)35-2)27-22(30)15-4-8-17(9-5-15)28-38(33,34)18-10-6-16(26)7-11-18/h4-11,28H,3,12-14H2,1-2H3,(H,27,30). The van der Waals surface area contributed by atoms with Gasteiger partial charge < -0.3 is 19.7 Å². The van der Waals surface area contributed by atoms with E-state index in [0.717, 1.165) is 10.4 Å². The normalized spacial score (nSPS) is 12.9. The van der Waals surface area contributed by atoms with Gasteiger partial charge in [0.05, 0.1) is 30.7 Å². The first-order valence-corrected chi connectivity index (χ1v) is 14.1. The van der Waals surface area contributed by atoms with E-state index in [1.54, 1.807) is 11.8 Å². The second kappa shape index (κ2) is 11.4. The predicted molar refractivity (Wildman–Crippen MR) is 143 cm³/mol. The minimum atomic E-state index is -3.84. The molecular formula is C25H24ClN3O7S2. The summed E-state index contributed by atoms with van der Waals surface area (Å²) in [7, 11) is -2.58. The van der Waals surface area contributed by atoms with Crippen LogP contribution in [0.2, 0.25) is 5.02 Å². The number of sulfonamides is 1. The third kappa shape index (κ3) is 5.93. The molecule has 0 unspecified atom stereocenters. The Hall–Kier alpha value is -3.61. The van der Waals surface area contributed by atoms with Gasteiger partial charge in [-0.3, -0.25) is 9.52 Å². The number of ether oxygens (including phenoxy) is 2. The number of halogens is 1. The molecule has 0 atom stereocenters. The second-order valence-corrected chi connectivity index (χ2v) is 11.4. The lowest BCUT2D eigenvalue weighted by Gasteiger charge is -2.26.